The normalized spacial score (nSPS) is 13.5. The van der Waals surface area contributed by atoms with Crippen LogP contribution in [0.3, 0.4) is 0 Å². The molecule has 1 amide bonds. The summed E-state index contributed by atoms with van der Waals surface area (Å²) in [6.07, 6.45) is 72.1. The number of carbonyl (C=O) groups is 1. The van der Waals surface area contributed by atoms with E-state index < -0.39 is 18.2 Å². The highest BCUT2D eigenvalue weighted by molar-refractivity contribution is 5.76. The highest BCUT2D eigenvalue weighted by Gasteiger charge is 2.20. The number of hydrogen-bond donors (Lipinski definition) is 4. The molecule has 5 nitrogen and oxygen atoms in total. The summed E-state index contributed by atoms with van der Waals surface area (Å²) < 4.78 is 0. The van der Waals surface area contributed by atoms with E-state index in [9.17, 15) is 20.1 Å². The zero-order valence-corrected chi connectivity index (χ0v) is 43.9. The quantitative estimate of drug-likeness (QED) is 0.0361. The van der Waals surface area contributed by atoms with Gasteiger partial charge in [-0.25, -0.2) is 0 Å². The maximum Gasteiger partial charge on any atom is 0.222 e. The van der Waals surface area contributed by atoms with Crippen molar-refractivity contribution in [1.29, 1.82) is 0 Å². The molecule has 0 aromatic heterocycles. The average Bonchev–Trinajstić information content (AvgIpc) is 3.30. The number of carbonyl (C=O) groups excluding carboxylic acids is 1. The van der Waals surface area contributed by atoms with Crippen molar-refractivity contribution in [3.63, 3.8) is 0 Å². The molecular weight excluding hydrogens is 799 g/mol. The Hall–Kier alpha value is -1.43. The first kappa shape index (κ1) is 63.6. The number of unbranched alkanes of at least 4 members (excludes halogenated alkanes) is 41. The summed E-state index contributed by atoms with van der Waals surface area (Å²) >= 11 is 0. The van der Waals surface area contributed by atoms with Gasteiger partial charge in [-0.1, -0.05) is 301 Å². The number of aliphatic hydroxyl groups excluding tert-OH is 3. The zero-order valence-electron chi connectivity index (χ0n) is 43.9. The fourth-order valence-corrected chi connectivity index (χ4v) is 9.20. The van der Waals surface area contributed by atoms with Gasteiger partial charge in [0.25, 0.3) is 0 Å². The van der Waals surface area contributed by atoms with Crippen LogP contribution in [0, 0.1) is 0 Å². The van der Waals surface area contributed by atoms with Crippen LogP contribution in [0.1, 0.15) is 316 Å². The summed E-state index contributed by atoms with van der Waals surface area (Å²) in [6.45, 7) is 4.23. The first-order chi connectivity index (χ1) is 32.0. The van der Waals surface area contributed by atoms with E-state index >= 15 is 0 Å². The van der Waals surface area contributed by atoms with E-state index in [1.165, 1.54) is 250 Å². The molecule has 0 aromatic rings. The van der Waals surface area contributed by atoms with Gasteiger partial charge in [-0.05, 0) is 44.9 Å². The molecule has 0 aliphatic rings. The molecule has 0 bridgehead atoms. The van der Waals surface area contributed by atoms with Crippen molar-refractivity contribution < 1.29 is 20.1 Å². The molecule has 0 saturated carbocycles. The van der Waals surface area contributed by atoms with Gasteiger partial charge in [0, 0.05) is 0 Å². The van der Waals surface area contributed by atoms with Crippen molar-refractivity contribution in [2.24, 2.45) is 0 Å². The molecule has 0 fully saturated rings. The summed E-state index contributed by atoms with van der Waals surface area (Å²) in [6, 6.07) is -0.767. The Kier molecular flexibility index (Phi) is 54.0. The highest BCUT2D eigenvalue weighted by atomic mass is 16.3. The number of allylic oxidation sites excluding steroid dienone is 5. The van der Waals surface area contributed by atoms with Gasteiger partial charge in [0.2, 0.25) is 5.91 Å². The molecule has 0 aromatic carbocycles. The Morgan fingerprint density at radius 2 is 0.662 bits per heavy atom. The third-order valence-corrected chi connectivity index (χ3v) is 13.7. The second-order valence-electron chi connectivity index (χ2n) is 20.2. The smallest absolute Gasteiger partial charge is 0.222 e. The van der Waals surface area contributed by atoms with Gasteiger partial charge in [-0.15, -0.1) is 0 Å². The molecule has 0 aliphatic carbocycles. The van der Waals surface area contributed by atoms with E-state index in [0.29, 0.717) is 6.42 Å². The lowest BCUT2D eigenvalue weighted by Gasteiger charge is -2.21. The van der Waals surface area contributed by atoms with Crippen molar-refractivity contribution in [2.75, 3.05) is 6.61 Å². The third-order valence-electron chi connectivity index (χ3n) is 13.7. The monoisotopic (exact) mass is 914 g/mol. The molecule has 0 saturated heterocycles. The second kappa shape index (κ2) is 55.2. The molecule has 5 heteroatoms. The van der Waals surface area contributed by atoms with Crippen LogP contribution in [0.15, 0.2) is 36.5 Å². The van der Waals surface area contributed by atoms with Crippen molar-refractivity contribution in [3.05, 3.63) is 36.5 Å². The minimum atomic E-state index is -0.959. The molecule has 3 atom stereocenters. The molecule has 0 rings (SSSR count). The lowest BCUT2D eigenvalue weighted by Crippen LogP contribution is -2.45. The molecule has 384 valence electrons. The number of amides is 1. The van der Waals surface area contributed by atoms with Crippen LogP contribution in [0.25, 0.3) is 0 Å². The van der Waals surface area contributed by atoms with Gasteiger partial charge in [-0.2, -0.15) is 0 Å². The Balaban J connectivity index is 3.58. The predicted octanol–water partition coefficient (Wildman–Crippen LogP) is 18.2. The number of aliphatic hydroxyl groups is 3. The number of hydrogen-bond acceptors (Lipinski definition) is 4. The minimum absolute atomic E-state index is 0.00578. The van der Waals surface area contributed by atoms with Crippen molar-refractivity contribution in [1.82, 2.24) is 5.32 Å². The Labute approximate surface area is 406 Å². The SMILES string of the molecule is CCCCCCCCCCCCCC/C=C/CC/C=C/CC/C=C/C(O)C(CO)NC(=O)CC(O)CCCCCCCCCCCCCCCCCCCCCCCCCCCCCC. The fraction of sp³-hybridized carbons (Fsp3) is 0.883. The second-order valence-corrected chi connectivity index (χ2v) is 20.2. The third kappa shape index (κ3) is 51.8. The van der Waals surface area contributed by atoms with E-state index in [0.717, 1.165) is 38.5 Å². The number of nitrogens with one attached hydrogen (secondary N) is 1. The van der Waals surface area contributed by atoms with Crippen molar-refractivity contribution in [2.45, 2.75) is 334 Å². The van der Waals surface area contributed by atoms with Gasteiger partial charge in [-0.3, -0.25) is 4.79 Å². The van der Waals surface area contributed by atoms with Crippen LogP contribution in [0.5, 0.6) is 0 Å². The summed E-state index contributed by atoms with van der Waals surface area (Å²) in [5.41, 5.74) is 0. The maximum atomic E-state index is 12.5. The van der Waals surface area contributed by atoms with Gasteiger partial charge in [0.05, 0.1) is 31.3 Å². The lowest BCUT2D eigenvalue weighted by molar-refractivity contribution is -0.124. The van der Waals surface area contributed by atoms with E-state index in [4.69, 9.17) is 0 Å². The Morgan fingerprint density at radius 1 is 0.385 bits per heavy atom. The van der Waals surface area contributed by atoms with Crippen LogP contribution in [0.2, 0.25) is 0 Å². The average molecular weight is 915 g/mol. The molecule has 65 heavy (non-hydrogen) atoms. The van der Waals surface area contributed by atoms with E-state index in [1.54, 1.807) is 6.08 Å². The maximum absolute atomic E-state index is 12.5. The lowest BCUT2D eigenvalue weighted by atomic mass is 10.0. The standard InChI is InChI=1S/C60H115NO4/c1-3-5-7-9-11-13-15-17-19-21-23-25-27-28-29-30-31-32-33-35-37-39-41-43-45-47-49-51-53-57(63)55-60(65)61-58(56-62)59(64)54-52-50-48-46-44-42-40-38-36-34-26-24-22-20-18-16-14-12-10-8-6-4-2/h36,38,44,46,52,54,57-59,62-64H,3-35,37,39-43,45,47-51,53,55-56H2,1-2H3,(H,61,65)/b38-36+,46-44+,54-52+. The van der Waals surface area contributed by atoms with E-state index in [1.807, 2.05) is 6.08 Å². The first-order valence-electron chi connectivity index (χ1n) is 29.3. The topological polar surface area (TPSA) is 89.8 Å². The largest absolute Gasteiger partial charge is 0.394 e. The van der Waals surface area contributed by atoms with Crippen molar-refractivity contribution >= 4 is 5.91 Å². The van der Waals surface area contributed by atoms with Gasteiger partial charge in [0.15, 0.2) is 0 Å². The fourth-order valence-electron chi connectivity index (χ4n) is 9.20. The van der Waals surface area contributed by atoms with Crippen molar-refractivity contribution in [3.8, 4) is 0 Å². The number of rotatable bonds is 54. The zero-order chi connectivity index (χ0) is 47.2. The van der Waals surface area contributed by atoms with E-state index in [2.05, 4.69) is 43.5 Å². The van der Waals surface area contributed by atoms with E-state index in [-0.39, 0.29) is 18.9 Å². The van der Waals surface area contributed by atoms with Crippen LogP contribution in [-0.2, 0) is 4.79 Å². The molecule has 4 N–H and O–H groups in total. The summed E-state index contributed by atoms with van der Waals surface area (Å²) in [7, 11) is 0. The van der Waals surface area contributed by atoms with Crippen LogP contribution < -0.4 is 5.32 Å². The Bertz CT molecular complexity index is 1010. The molecule has 0 radical (unpaired) electrons. The predicted molar refractivity (Wildman–Crippen MR) is 287 cm³/mol. The Morgan fingerprint density at radius 3 is 0.985 bits per heavy atom. The molecule has 0 spiro atoms. The highest BCUT2D eigenvalue weighted by Crippen LogP contribution is 2.18. The minimum Gasteiger partial charge on any atom is -0.394 e. The van der Waals surface area contributed by atoms with Crippen LogP contribution in [-0.4, -0.2) is 46.1 Å². The first-order valence-corrected chi connectivity index (χ1v) is 29.3. The van der Waals surface area contributed by atoms with Gasteiger partial charge in [0.1, 0.15) is 0 Å². The molecule has 3 unspecified atom stereocenters. The van der Waals surface area contributed by atoms with Crippen LogP contribution >= 0.6 is 0 Å². The summed E-state index contributed by atoms with van der Waals surface area (Å²) in [5.74, 6) is -0.324. The summed E-state index contributed by atoms with van der Waals surface area (Å²) in [4.78, 5) is 12.5. The molecule has 0 heterocycles. The van der Waals surface area contributed by atoms with Gasteiger partial charge >= 0.3 is 0 Å². The summed E-state index contributed by atoms with van der Waals surface area (Å²) in [5, 5.41) is 33.4. The molecular formula is C60H115NO4. The molecule has 0 aliphatic heterocycles. The van der Waals surface area contributed by atoms with Gasteiger partial charge < -0.3 is 20.6 Å². The van der Waals surface area contributed by atoms with Crippen LogP contribution in [0.4, 0.5) is 0 Å².